The van der Waals surface area contributed by atoms with Crippen molar-refractivity contribution in [2.24, 2.45) is 0 Å². The highest BCUT2D eigenvalue weighted by atomic mass is 79.9. The van der Waals surface area contributed by atoms with Crippen LogP contribution in [-0.2, 0) is 4.79 Å². The number of hydrogen-bond acceptors (Lipinski definition) is 6. The Balaban J connectivity index is 1.99. The molecule has 2 atom stereocenters. The summed E-state index contributed by atoms with van der Waals surface area (Å²) in [6, 6.07) is 5.71. The molecule has 0 saturated heterocycles. The number of benzene rings is 1. The van der Waals surface area contributed by atoms with Gasteiger partial charge >= 0.3 is 0 Å². The minimum absolute atomic E-state index is 0.130. The van der Waals surface area contributed by atoms with Gasteiger partial charge in [-0.05, 0) is 53.4 Å². The van der Waals surface area contributed by atoms with E-state index >= 15 is 0 Å². The second-order valence-electron chi connectivity index (χ2n) is 6.73. The molecule has 1 aliphatic heterocycles. The summed E-state index contributed by atoms with van der Waals surface area (Å²) >= 11 is 5.04. The Morgan fingerprint density at radius 2 is 2.04 bits per heavy atom. The number of carbonyl (C=O) groups is 1. The van der Waals surface area contributed by atoms with E-state index in [0.29, 0.717) is 5.16 Å². The average molecular weight is 468 g/mol. The van der Waals surface area contributed by atoms with E-state index in [2.05, 4.69) is 45.4 Å². The third kappa shape index (κ3) is 4.15. The predicted octanol–water partition coefficient (Wildman–Crippen LogP) is 3.77. The molecule has 1 N–H and O–H groups in total. The Bertz CT molecular complexity index is 838. The maximum atomic E-state index is 13.5. The fourth-order valence-corrected chi connectivity index (χ4v) is 5.09. The van der Waals surface area contributed by atoms with E-state index in [1.165, 1.54) is 11.8 Å². The van der Waals surface area contributed by atoms with Gasteiger partial charge in [0.05, 0.1) is 17.6 Å². The molecule has 0 radical (unpaired) electrons. The molecule has 9 heteroatoms. The van der Waals surface area contributed by atoms with Crippen LogP contribution in [0.15, 0.2) is 27.8 Å². The zero-order valence-corrected chi connectivity index (χ0v) is 19.0. The van der Waals surface area contributed by atoms with Gasteiger partial charge in [-0.25, -0.2) is 4.68 Å². The molecule has 1 amide bonds. The second kappa shape index (κ2) is 9.17. The highest BCUT2D eigenvalue weighted by Crippen LogP contribution is 2.39. The standard InChI is InChI=1S/C19H26BrN5O2S/c1-5-9-24(10-6-2)18(26)17-16(13-7-8-15(27-4)14(20)11-13)23-25-12(3)21-22-19(25)28-17/h7-8,11,16-17,23H,5-6,9-10H2,1-4H3/t16-,17+/m0/s1. The van der Waals surface area contributed by atoms with Gasteiger partial charge in [-0.3, -0.25) is 4.79 Å². The number of nitrogens with zero attached hydrogens (tertiary/aromatic N) is 4. The molecule has 7 nitrogen and oxygen atoms in total. The number of amides is 1. The summed E-state index contributed by atoms with van der Waals surface area (Å²) in [6.45, 7) is 7.61. The van der Waals surface area contributed by atoms with Crippen molar-refractivity contribution in [2.75, 3.05) is 25.6 Å². The summed E-state index contributed by atoms with van der Waals surface area (Å²) in [7, 11) is 1.64. The van der Waals surface area contributed by atoms with E-state index in [0.717, 1.165) is 47.5 Å². The van der Waals surface area contributed by atoms with Crippen LogP contribution in [0, 0.1) is 6.92 Å². The number of aryl methyl sites for hydroxylation is 1. The van der Waals surface area contributed by atoms with Crippen molar-refractivity contribution in [3.63, 3.8) is 0 Å². The molecular formula is C19H26BrN5O2S. The Morgan fingerprint density at radius 3 is 2.64 bits per heavy atom. The van der Waals surface area contributed by atoms with Gasteiger partial charge in [-0.2, -0.15) is 0 Å². The molecule has 2 aromatic rings. The highest BCUT2D eigenvalue weighted by molar-refractivity contribution is 9.10. The second-order valence-corrected chi connectivity index (χ2v) is 8.69. The lowest BCUT2D eigenvalue weighted by atomic mass is 10.0. The summed E-state index contributed by atoms with van der Waals surface area (Å²) in [5.41, 5.74) is 4.46. The monoisotopic (exact) mass is 467 g/mol. The van der Waals surface area contributed by atoms with E-state index in [1.807, 2.05) is 34.7 Å². The van der Waals surface area contributed by atoms with Gasteiger partial charge in [0, 0.05) is 13.1 Å². The molecule has 0 spiro atoms. The van der Waals surface area contributed by atoms with Crippen LogP contribution < -0.4 is 10.2 Å². The maximum absolute atomic E-state index is 13.5. The first kappa shape index (κ1) is 21.0. The summed E-state index contributed by atoms with van der Waals surface area (Å²) in [6.07, 6.45) is 1.87. The number of fused-ring (bicyclic) bond motifs is 1. The third-order valence-electron chi connectivity index (χ3n) is 4.68. The summed E-state index contributed by atoms with van der Waals surface area (Å²) in [5.74, 6) is 1.66. The Hall–Kier alpha value is -1.74. The molecule has 0 bridgehead atoms. The number of thioether (sulfide) groups is 1. The quantitative estimate of drug-likeness (QED) is 0.667. The number of nitrogens with one attached hydrogen (secondary N) is 1. The predicted molar refractivity (Wildman–Crippen MR) is 114 cm³/mol. The minimum atomic E-state index is -0.325. The fraction of sp³-hybridized carbons (Fsp3) is 0.526. The van der Waals surface area contributed by atoms with Crippen molar-refractivity contribution in [1.29, 1.82) is 0 Å². The minimum Gasteiger partial charge on any atom is -0.496 e. The van der Waals surface area contributed by atoms with Gasteiger partial charge in [0.15, 0.2) is 0 Å². The smallest absolute Gasteiger partial charge is 0.238 e. The molecular weight excluding hydrogens is 442 g/mol. The molecule has 1 aliphatic rings. The number of rotatable bonds is 7. The molecule has 0 aliphatic carbocycles. The number of aromatic nitrogens is 3. The lowest BCUT2D eigenvalue weighted by Crippen LogP contribution is -2.46. The van der Waals surface area contributed by atoms with Gasteiger partial charge in [0.2, 0.25) is 11.1 Å². The number of ether oxygens (including phenoxy) is 1. The number of carbonyl (C=O) groups excluding carboxylic acids is 1. The first-order valence-electron chi connectivity index (χ1n) is 9.47. The Labute approximate surface area is 178 Å². The molecule has 1 aromatic heterocycles. The van der Waals surface area contributed by atoms with E-state index < -0.39 is 0 Å². The zero-order valence-electron chi connectivity index (χ0n) is 16.6. The van der Waals surface area contributed by atoms with Crippen LogP contribution in [0.4, 0.5) is 0 Å². The van der Waals surface area contributed by atoms with E-state index in [4.69, 9.17) is 4.74 Å². The first-order chi connectivity index (χ1) is 13.5. The molecule has 3 rings (SSSR count). The van der Waals surface area contributed by atoms with Crippen molar-refractivity contribution < 1.29 is 9.53 Å². The van der Waals surface area contributed by atoms with E-state index in [9.17, 15) is 4.79 Å². The number of hydrogen-bond donors (Lipinski definition) is 1. The van der Waals surface area contributed by atoms with Crippen LogP contribution in [-0.4, -0.2) is 51.1 Å². The van der Waals surface area contributed by atoms with Crippen LogP contribution in [0.25, 0.3) is 0 Å². The summed E-state index contributed by atoms with van der Waals surface area (Å²) in [4.78, 5) is 15.4. The van der Waals surface area contributed by atoms with Crippen LogP contribution >= 0.6 is 27.7 Å². The molecule has 2 heterocycles. The first-order valence-corrected chi connectivity index (χ1v) is 11.1. The SMILES string of the molecule is CCCN(CCC)C(=O)[C@@H]1Sc2nnc(C)n2N[C@H]1c1ccc(OC)c(Br)c1. The topological polar surface area (TPSA) is 72.3 Å². The van der Waals surface area contributed by atoms with Crippen molar-refractivity contribution in [3.05, 3.63) is 34.1 Å². The zero-order chi connectivity index (χ0) is 20.3. The Morgan fingerprint density at radius 1 is 1.32 bits per heavy atom. The normalized spacial score (nSPS) is 18.3. The lowest BCUT2D eigenvalue weighted by molar-refractivity contribution is -0.131. The van der Waals surface area contributed by atoms with Crippen LogP contribution in [0.3, 0.4) is 0 Å². The molecule has 152 valence electrons. The van der Waals surface area contributed by atoms with Crippen molar-refractivity contribution >= 4 is 33.6 Å². The van der Waals surface area contributed by atoms with E-state index in [1.54, 1.807) is 7.11 Å². The lowest BCUT2D eigenvalue weighted by Gasteiger charge is -2.36. The third-order valence-corrected chi connectivity index (χ3v) is 6.50. The van der Waals surface area contributed by atoms with Crippen molar-refractivity contribution in [2.45, 2.75) is 50.1 Å². The van der Waals surface area contributed by atoms with Gasteiger partial charge in [0.1, 0.15) is 16.8 Å². The van der Waals surface area contributed by atoms with Gasteiger partial charge in [0.25, 0.3) is 0 Å². The Kier molecular flexibility index (Phi) is 6.87. The maximum Gasteiger partial charge on any atom is 0.238 e. The van der Waals surface area contributed by atoms with Gasteiger partial charge < -0.3 is 15.1 Å². The number of halogens is 1. The largest absolute Gasteiger partial charge is 0.496 e. The summed E-state index contributed by atoms with van der Waals surface area (Å²) in [5, 5.41) is 8.78. The molecule has 28 heavy (non-hydrogen) atoms. The van der Waals surface area contributed by atoms with Crippen molar-refractivity contribution in [1.82, 2.24) is 19.8 Å². The van der Waals surface area contributed by atoms with Crippen LogP contribution in [0.2, 0.25) is 0 Å². The van der Waals surface area contributed by atoms with Crippen LogP contribution in [0.1, 0.15) is 44.1 Å². The van der Waals surface area contributed by atoms with Gasteiger partial charge in [-0.15, -0.1) is 10.2 Å². The van der Waals surface area contributed by atoms with E-state index in [-0.39, 0.29) is 17.2 Å². The van der Waals surface area contributed by atoms with Crippen molar-refractivity contribution in [3.8, 4) is 5.75 Å². The number of methoxy groups -OCH3 is 1. The van der Waals surface area contributed by atoms with Crippen LogP contribution in [0.5, 0.6) is 5.75 Å². The highest BCUT2D eigenvalue weighted by Gasteiger charge is 2.39. The molecule has 0 saturated carbocycles. The fourth-order valence-electron chi connectivity index (χ4n) is 3.33. The molecule has 1 aromatic carbocycles. The summed E-state index contributed by atoms with van der Waals surface area (Å²) < 4.78 is 8.07. The molecule has 0 fully saturated rings. The molecule has 0 unspecified atom stereocenters. The van der Waals surface area contributed by atoms with Gasteiger partial charge in [-0.1, -0.05) is 31.7 Å². The average Bonchev–Trinajstić information content (AvgIpc) is 3.06.